The summed E-state index contributed by atoms with van der Waals surface area (Å²) in [6.45, 7) is 3.14. The third-order valence-electron chi connectivity index (χ3n) is 2.83. The van der Waals surface area contributed by atoms with Crippen LogP contribution >= 0.6 is 11.3 Å². The molecule has 0 aliphatic heterocycles. The lowest BCUT2D eigenvalue weighted by molar-refractivity contribution is 0.136. The highest BCUT2D eigenvalue weighted by Crippen LogP contribution is 2.31. The maximum absolute atomic E-state index is 5.53. The summed E-state index contributed by atoms with van der Waals surface area (Å²) in [7, 11) is 0. The van der Waals surface area contributed by atoms with E-state index in [1.54, 1.807) is 24.7 Å². The highest BCUT2D eigenvalue weighted by molar-refractivity contribution is 7.16. The quantitative estimate of drug-likeness (QED) is 0.753. The Balaban J connectivity index is 1.90. The van der Waals surface area contributed by atoms with Crippen LogP contribution in [-0.4, -0.2) is 26.5 Å². The van der Waals surface area contributed by atoms with E-state index in [9.17, 15) is 0 Å². The van der Waals surface area contributed by atoms with Gasteiger partial charge in [-0.2, -0.15) is 0 Å². The largest absolute Gasteiger partial charge is 0.376 e. The number of pyridine rings is 1. The number of anilines is 2. The average Bonchev–Trinajstić information content (AvgIpc) is 2.97. The van der Waals surface area contributed by atoms with Gasteiger partial charge < -0.3 is 10.1 Å². The van der Waals surface area contributed by atoms with Crippen LogP contribution in [0.2, 0.25) is 0 Å². The molecule has 0 aliphatic carbocycles. The fourth-order valence-electron chi connectivity index (χ4n) is 1.86. The lowest BCUT2D eigenvalue weighted by Gasteiger charge is -2.01. The second-order valence-corrected chi connectivity index (χ2v) is 5.42. The zero-order valence-corrected chi connectivity index (χ0v) is 12.9. The zero-order valence-electron chi connectivity index (χ0n) is 12.1. The molecule has 112 valence electrons. The van der Waals surface area contributed by atoms with Crippen molar-refractivity contribution < 1.29 is 4.74 Å². The predicted octanol–water partition coefficient (Wildman–Crippen LogP) is 3.28. The molecule has 0 radical (unpaired) electrons. The van der Waals surface area contributed by atoms with Gasteiger partial charge >= 0.3 is 0 Å². The van der Waals surface area contributed by atoms with Gasteiger partial charge in [0, 0.05) is 25.2 Å². The van der Waals surface area contributed by atoms with Crippen molar-refractivity contribution in [3.63, 3.8) is 0 Å². The second-order valence-electron chi connectivity index (χ2n) is 4.34. The number of ether oxygens (including phenoxy) is 1. The number of nitrogens with zero attached hydrogens (tertiary/aromatic N) is 4. The van der Waals surface area contributed by atoms with E-state index in [0.29, 0.717) is 19.2 Å². The highest BCUT2D eigenvalue weighted by atomic mass is 32.1. The van der Waals surface area contributed by atoms with Crippen molar-refractivity contribution in [1.29, 1.82) is 0 Å². The minimum Gasteiger partial charge on any atom is -0.376 e. The van der Waals surface area contributed by atoms with Gasteiger partial charge in [0.2, 0.25) is 5.95 Å². The summed E-state index contributed by atoms with van der Waals surface area (Å²) in [6.07, 6.45) is 5.12. The summed E-state index contributed by atoms with van der Waals surface area (Å²) in [5, 5.41) is 3.84. The van der Waals surface area contributed by atoms with Gasteiger partial charge in [0.15, 0.2) is 5.13 Å². The van der Waals surface area contributed by atoms with Crippen molar-refractivity contribution in [3.05, 3.63) is 47.7 Å². The molecule has 3 heterocycles. The van der Waals surface area contributed by atoms with Gasteiger partial charge in [-0.1, -0.05) is 17.4 Å². The Kier molecular flexibility index (Phi) is 4.67. The van der Waals surface area contributed by atoms with E-state index in [-0.39, 0.29) is 0 Å². The Labute approximate surface area is 132 Å². The molecule has 0 aromatic carbocycles. The Bertz CT molecular complexity index is 717. The van der Waals surface area contributed by atoms with Gasteiger partial charge in [0.25, 0.3) is 0 Å². The molecular weight excluding hydrogens is 298 g/mol. The van der Waals surface area contributed by atoms with Crippen molar-refractivity contribution in [3.8, 4) is 11.4 Å². The smallest absolute Gasteiger partial charge is 0.228 e. The van der Waals surface area contributed by atoms with Crippen molar-refractivity contribution in [2.24, 2.45) is 0 Å². The summed E-state index contributed by atoms with van der Waals surface area (Å²) < 4.78 is 5.53. The van der Waals surface area contributed by atoms with Crippen molar-refractivity contribution in [2.45, 2.75) is 13.5 Å². The first-order chi connectivity index (χ1) is 10.9. The highest BCUT2D eigenvalue weighted by Gasteiger charge is 2.14. The van der Waals surface area contributed by atoms with E-state index in [1.807, 2.05) is 25.1 Å². The number of hydrogen-bond donors (Lipinski definition) is 1. The molecule has 22 heavy (non-hydrogen) atoms. The van der Waals surface area contributed by atoms with Crippen LogP contribution in [0.15, 0.2) is 42.9 Å². The Morgan fingerprint density at radius 1 is 1.09 bits per heavy atom. The topological polar surface area (TPSA) is 72.8 Å². The molecule has 0 aliphatic rings. The fourth-order valence-corrected chi connectivity index (χ4v) is 2.76. The van der Waals surface area contributed by atoms with E-state index in [1.165, 1.54) is 11.3 Å². The zero-order chi connectivity index (χ0) is 15.2. The third-order valence-corrected chi connectivity index (χ3v) is 3.77. The minimum absolute atomic E-state index is 0.511. The molecular formula is C15H15N5OS. The number of rotatable bonds is 6. The van der Waals surface area contributed by atoms with Crippen LogP contribution in [0.5, 0.6) is 0 Å². The molecule has 6 nitrogen and oxygen atoms in total. The molecule has 3 aromatic rings. The maximum atomic E-state index is 5.53. The van der Waals surface area contributed by atoms with Crippen LogP contribution < -0.4 is 5.32 Å². The summed E-state index contributed by atoms with van der Waals surface area (Å²) >= 11 is 1.52. The molecule has 3 rings (SSSR count). The predicted molar refractivity (Wildman–Crippen MR) is 86.0 cm³/mol. The van der Waals surface area contributed by atoms with Gasteiger partial charge in [0.1, 0.15) is 5.69 Å². The van der Waals surface area contributed by atoms with Crippen molar-refractivity contribution in [2.75, 3.05) is 11.9 Å². The maximum Gasteiger partial charge on any atom is 0.228 e. The molecule has 7 heteroatoms. The lowest BCUT2D eigenvalue weighted by Crippen LogP contribution is -1.95. The Morgan fingerprint density at radius 2 is 1.91 bits per heavy atom. The van der Waals surface area contributed by atoms with Crippen LogP contribution in [0.3, 0.4) is 0 Å². The lowest BCUT2D eigenvalue weighted by atomic mass is 10.2. The normalized spacial score (nSPS) is 10.6. The van der Waals surface area contributed by atoms with Crippen molar-refractivity contribution >= 4 is 22.4 Å². The molecule has 0 saturated heterocycles. The van der Waals surface area contributed by atoms with Gasteiger partial charge in [0.05, 0.1) is 17.2 Å². The van der Waals surface area contributed by atoms with E-state index < -0.39 is 0 Å². The standard InChI is InChI=1S/C15H15N5OS/c1-2-21-10-12-13(11-6-3-4-7-16-11)19-15(22-12)20-14-17-8-5-9-18-14/h3-9H,2,10H2,1H3,(H,17,18,19,20). The van der Waals surface area contributed by atoms with E-state index in [0.717, 1.165) is 21.4 Å². The minimum atomic E-state index is 0.511. The molecule has 0 saturated carbocycles. The van der Waals surface area contributed by atoms with Gasteiger partial charge in [-0.3, -0.25) is 4.98 Å². The average molecular weight is 313 g/mol. The van der Waals surface area contributed by atoms with Gasteiger partial charge in [-0.15, -0.1) is 0 Å². The van der Waals surface area contributed by atoms with Crippen LogP contribution in [0.4, 0.5) is 11.1 Å². The van der Waals surface area contributed by atoms with Crippen LogP contribution in [0, 0.1) is 0 Å². The van der Waals surface area contributed by atoms with Crippen LogP contribution in [-0.2, 0) is 11.3 Å². The molecule has 3 aromatic heterocycles. The molecule has 0 fully saturated rings. The summed E-state index contributed by atoms with van der Waals surface area (Å²) in [5.41, 5.74) is 1.66. The van der Waals surface area contributed by atoms with E-state index >= 15 is 0 Å². The third kappa shape index (κ3) is 3.44. The molecule has 1 N–H and O–H groups in total. The van der Waals surface area contributed by atoms with E-state index in [2.05, 4.69) is 25.3 Å². The number of nitrogens with one attached hydrogen (secondary N) is 1. The first-order valence-electron chi connectivity index (χ1n) is 6.89. The molecule has 0 atom stereocenters. The summed E-state index contributed by atoms with van der Waals surface area (Å²) in [5.74, 6) is 0.520. The summed E-state index contributed by atoms with van der Waals surface area (Å²) in [6, 6.07) is 7.54. The van der Waals surface area contributed by atoms with Crippen LogP contribution in [0.1, 0.15) is 11.8 Å². The molecule has 0 spiro atoms. The summed E-state index contributed by atoms with van der Waals surface area (Å²) in [4.78, 5) is 18.3. The number of aromatic nitrogens is 4. The van der Waals surface area contributed by atoms with Crippen LogP contribution in [0.25, 0.3) is 11.4 Å². The van der Waals surface area contributed by atoms with Gasteiger partial charge in [-0.05, 0) is 25.1 Å². The van der Waals surface area contributed by atoms with Gasteiger partial charge in [-0.25, -0.2) is 15.0 Å². The Morgan fingerprint density at radius 3 is 2.64 bits per heavy atom. The van der Waals surface area contributed by atoms with E-state index in [4.69, 9.17) is 4.74 Å². The number of thiazole rings is 1. The monoisotopic (exact) mass is 313 g/mol. The SMILES string of the molecule is CCOCc1sc(Nc2ncccn2)nc1-c1ccccn1. The Hall–Kier alpha value is -2.38. The molecule has 0 amide bonds. The first-order valence-corrected chi connectivity index (χ1v) is 7.71. The fraction of sp³-hybridized carbons (Fsp3) is 0.200. The van der Waals surface area contributed by atoms with Crippen molar-refractivity contribution in [1.82, 2.24) is 19.9 Å². The second kappa shape index (κ2) is 7.06. The number of hydrogen-bond acceptors (Lipinski definition) is 7. The first kappa shape index (κ1) is 14.6. The molecule has 0 unspecified atom stereocenters. The molecule has 0 bridgehead atoms.